The van der Waals surface area contributed by atoms with Crippen LogP contribution in [0.2, 0.25) is 0 Å². The van der Waals surface area contributed by atoms with Crippen molar-refractivity contribution in [2.24, 2.45) is 4.99 Å². The van der Waals surface area contributed by atoms with Crippen LogP contribution in [0.1, 0.15) is 33.6 Å². The fourth-order valence-electron chi connectivity index (χ4n) is 3.06. The van der Waals surface area contributed by atoms with Crippen LogP contribution in [0.5, 0.6) is 0 Å². The average molecular weight is 539 g/mol. The van der Waals surface area contributed by atoms with Gasteiger partial charge < -0.3 is 25.6 Å². The summed E-state index contributed by atoms with van der Waals surface area (Å²) < 4.78 is 33.1. The van der Waals surface area contributed by atoms with Crippen molar-refractivity contribution in [1.29, 1.82) is 0 Å². The summed E-state index contributed by atoms with van der Waals surface area (Å²) in [5.41, 5.74) is -0.498. The van der Waals surface area contributed by atoms with Gasteiger partial charge in [-0.2, -0.15) is 0 Å². The number of hydrogen-bond acceptors (Lipinski definition) is 4. The van der Waals surface area contributed by atoms with Gasteiger partial charge in [0.15, 0.2) is 5.96 Å². The van der Waals surface area contributed by atoms with E-state index in [4.69, 9.17) is 4.74 Å². The number of hydrogen-bond donors (Lipinski definition) is 3. The fraction of sp³-hybridized carbons (Fsp3) is 0.600. The molecule has 1 saturated heterocycles. The number of para-hydroxylation sites is 1. The lowest BCUT2D eigenvalue weighted by Crippen LogP contribution is -2.45. The molecule has 0 spiro atoms. The lowest BCUT2D eigenvalue weighted by Gasteiger charge is -2.21. The summed E-state index contributed by atoms with van der Waals surface area (Å²) in [6, 6.07) is 3.93. The molecular formula is C20H32F2IN5O2. The lowest BCUT2D eigenvalue weighted by atomic mass is 10.2. The summed E-state index contributed by atoms with van der Waals surface area (Å²) in [5, 5.41) is 9.15. The molecule has 30 heavy (non-hydrogen) atoms. The quantitative estimate of drug-likeness (QED) is 0.224. The van der Waals surface area contributed by atoms with Crippen molar-refractivity contribution in [2.45, 2.75) is 45.3 Å². The number of nitrogens with zero attached hydrogens (tertiary/aromatic N) is 2. The Morgan fingerprint density at radius 1 is 1.23 bits per heavy atom. The molecule has 1 atom stereocenters. The highest BCUT2D eigenvalue weighted by Gasteiger charge is 2.27. The van der Waals surface area contributed by atoms with E-state index in [0.717, 1.165) is 6.42 Å². The van der Waals surface area contributed by atoms with Crippen molar-refractivity contribution in [3.05, 3.63) is 29.8 Å². The minimum Gasteiger partial charge on any atom is -0.444 e. The van der Waals surface area contributed by atoms with Crippen LogP contribution < -0.4 is 20.9 Å². The largest absolute Gasteiger partial charge is 0.444 e. The number of carbonyl (C=O) groups is 1. The van der Waals surface area contributed by atoms with Gasteiger partial charge in [0.1, 0.15) is 22.9 Å². The maximum atomic E-state index is 14.0. The fourth-order valence-corrected chi connectivity index (χ4v) is 3.06. The SMILES string of the molecule is CN=C(NCCCNC(=O)OC(C)(C)C)NC1CCN(c2c(F)cccc2F)C1.I. The molecule has 0 bridgehead atoms. The number of benzene rings is 1. The zero-order chi connectivity index (χ0) is 21.4. The first-order valence-corrected chi connectivity index (χ1v) is 9.82. The average Bonchev–Trinajstić information content (AvgIpc) is 3.06. The first-order chi connectivity index (χ1) is 13.7. The van der Waals surface area contributed by atoms with Crippen molar-refractivity contribution >= 4 is 41.7 Å². The summed E-state index contributed by atoms with van der Waals surface area (Å²) in [6.07, 6.45) is 0.998. The van der Waals surface area contributed by atoms with E-state index in [1.165, 1.54) is 18.2 Å². The molecule has 1 aromatic carbocycles. The third-order valence-corrected chi connectivity index (χ3v) is 4.32. The van der Waals surface area contributed by atoms with Gasteiger partial charge in [0.25, 0.3) is 0 Å². The van der Waals surface area contributed by atoms with Crippen molar-refractivity contribution in [2.75, 3.05) is 38.1 Å². The van der Waals surface area contributed by atoms with Crippen molar-refractivity contribution < 1.29 is 18.3 Å². The van der Waals surface area contributed by atoms with Crippen LogP contribution in [-0.4, -0.2) is 56.9 Å². The third-order valence-electron chi connectivity index (χ3n) is 4.32. The van der Waals surface area contributed by atoms with E-state index in [1.54, 1.807) is 11.9 Å². The Bertz CT molecular complexity index is 707. The molecule has 10 heteroatoms. The van der Waals surface area contributed by atoms with Gasteiger partial charge in [-0.25, -0.2) is 13.6 Å². The summed E-state index contributed by atoms with van der Waals surface area (Å²) >= 11 is 0. The molecular weight excluding hydrogens is 507 g/mol. The summed E-state index contributed by atoms with van der Waals surface area (Å²) in [6.45, 7) is 7.57. The Kier molecular flexibility index (Phi) is 10.6. The van der Waals surface area contributed by atoms with Gasteiger partial charge in [-0.15, -0.1) is 24.0 Å². The molecule has 0 aromatic heterocycles. The number of amides is 1. The van der Waals surface area contributed by atoms with Crippen LogP contribution in [0.15, 0.2) is 23.2 Å². The number of halogens is 3. The van der Waals surface area contributed by atoms with E-state index < -0.39 is 23.3 Å². The number of ether oxygens (including phenoxy) is 1. The van der Waals surface area contributed by atoms with Gasteiger partial charge >= 0.3 is 6.09 Å². The molecule has 170 valence electrons. The molecule has 3 N–H and O–H groups in total. The minimum atomic E-state index is -0.550. The maximum absolute atomic E-state index is 14.0. The van der Waals surface area contributed by atoms with Gasteiger partial charge in [-0.05, 0) is 45.7 Å². The predicted molar refractivity (Wildman–Crippen MR) is 126 cm³/mol. The molecule has 2 rings (SSSR count). The third kappa shape index (κ3) is 8.49. The van der Waals surface area contributed by atoms with Gasteiger partial charge in [0.05, 0.1) is 0 Å². The van der Waals surface area contributed by atoms with Crippen LogP contribution in [0.3, 0.4) is 0 Å². The molecule has 0 radical (unpaired) electrons. The molecule has 1 aliphatic rings. The molecule has 0 aliphatic carbocycles. The number of aliphatic imine (C=N–C) groups is 1. The minimum absolute atomic E-state index is 0. The van der Waals surface area contributed by atoms with Crippen LogP contribution in [0, 0.1) is 11.6 Å². The van der Waals surface area contributed by atoms with Crippen LogP contribution in [0.4, 0.5) is 19.3 Å². The Balaban J connectivity index is 0.00000450. The van der Waals surface area contributed by atoms with E-state index in [2.05, 4.69) is 20.9 Å². The van der Waals surface area contributed by atoms with E-state index >= 15 is 0 Å². The maximum Gasteiger partial charge on any atom is 0.407 e. The van der Waals surface area contributed by atoms with E-state index in [9.17, 15) is 13.6 Å². The molecule has 1 aromatic rings. The predicted octanol–water partition coefficient (Wildman–Crippen LogP) is 3.24. The second-order valence-electron chi connectivity index (χ2n) is 7.93. The number of alkyl carbamates (subject to hydrolysis) is 1. The number of nitrogens with one attached hydrogen (secondary N) is 3. The van der Waals surface area contributed by atoms with Gasteiger partial charge in [-0.1, -0.05) is 6.07 Å². The monoisotopic (exact) mass is 539 g/mol. The second-order valence-corrected chi connectivity index (χ2v) is 7.93. The van der Waals surface area contributed by atoms with E-state index in [-0.39, 0.29) is 35.7 Å². The Hall–Kier alpha value is -1.85. The van der Waals surface area contributed by atoms with Crippen LogP contribution >= 0.6 is 24.0 Å². The second kappa shape index (κ2) is 12.1. The Morgan fingerprint density at radius 3 is 2.47 bits per heavy atom. The topological polar surface area (TPSA) is 78.0 Å². The normalized spacial score (nSPS) is 16.7. The number of rotatable bonds is 6. The van der Waals surface area contributed by atoms with E-state index in [0.29, 0.717) is 38.6 Å². The molecule has 0 saturated carbocycles. The standard InChI is InChI=1S/C20H31F2N5O2.HI/c1-20(2,3)29-19(28)25-11-6-10-24-18(23-4)26-14-9-12-27(13-14)17-15(21)7-5-8-16(17)22;/h5,7-8,14H,6,9-13H2,1-4H3,(H,25,28)(H2,23,24,26);1H. The van der Waals surface area contributed by atoms with Crippen molar-refractivity contribution in [1.82, 2.24) is 16.0 Å². The molecule has 1 amide bonds. The van der Waals surface area contributed by atoms with Gasteiger partial charge in [-0.3, -0.25) is 4.99 Å². The van der Waals surface area contributed by atoms with E-state index in [1.807, 2.05) is 20.8 Å². The summed E-state index contributed by atoms with van der Waals surface area (Å²) in [4.78, 5) is 17.5. The Morgan fingerprint density at radius 2 is 1.87 bits per heavy atom. The van der Waals surface area contributed by atoms with Gasteiger partial charge in [0, 0.05) is 39.3 Å². The molecule has 1 heterocycles. The van der Waals surface area contributed by atoms with Crippen LogP contribution in [-0.2, 0) is 4.74 Å². The highest BCUT2D eigenvalue weighted by Crippen LogP contribution is 2.26. The highest BCUT2D eigenvalue weighted by molar-refractivity contribution is 14.0. The molecule has 7 nitrogen and oxygen atoms in total. The molecule has 1 fully saturated rings. The van der Waals surface area contributed by atoms with Crippen LogP contribution in [0.25, 0.3) is 0 Å². The number of carbonyl (C=O) groups excluding carboxylic acids is 1. The first-order valence-electron chi connectivity index (χ1n) is 9.82. The number of guanidine groups is 1. The Labute approximate surface area is 194 Å². The highest BCUT2D eigenvalue weighted by atomic mass is 127. The summed E-state index contributed by atoms with van der Waals surface area (Å²) in [5.74, 6) is -0.487. The molecule has 1 unspecified atom stereocenters. The van der Waals surface area contributed by atoms with Gasteiger partial charge in [0.2, 0.25) is 0 Å². The number of anilines is 1. The van der Waals surface area contributed by atoms with Crippen molar-refractivity contribution in [3.8, 4) is 0 Å². The first kappa shape index (κ1) is 26.2. The smallest absolute Gasteiger partial charge is 0.407 e. The summed E-state index contributed by atoms with van der Waals surface area (Å²) in [7, 11) is 1.66. The zero-order valence-corrected chi connectivity index (χ0v) is 20.3. The molecule has 1 aliphatic heterocycles. The van der Waals surface area contributed by atoms with Crippen molar-refractivity contribution in [3.63, 3.8) is 0 Å². The zero-order valence-electron chi connectivity index (χ0n) is 17.9. The lowest BCUT2D eigenvalue weighted by molar-refractivity contribution is 0.0527.